The topological polar surface area (TPSA) is 0 Å². The van der Waals surface area contributed by atoms with E-state index in [9.17, 15) is 0 Å². The average molecular weight is 246 g/mol. The molecule has 0 aromatic heterocycles. The van der Waals surface area contributed by atoms with Gasteiger partial charge in [-0.05, 0) is 16.7 Å². The van der Waals surface area contributed by atoms with Crippen molar-refractivity contribution in [1.29, 1.82) is 0 Å². The fourth-order valence-corrected chi connectivity index (χ4v) is 7.60. The molecule has 0 saturated heterocycles. The van der Waals surface area contributed by atoms with Gasteiger partial charge in [0.25, 0.3) is 0 Å². The zero-order chi connectivity index (χ0) is 13.0. The van der Waals surface area contributed by atoms with E-state index in [1.165, 1.54) is 11.1 Å². The van der Waals surface area contributed by atoms with Gasteiger partial charge < -0.3 is 0 Å². The summed E-state index contributed by atoms with van der Waals surface area (Å²) in [6.45, 7) is 15.8. The molecule has 0 spiro atoms. The highest BCUT2D eigenvalue weighted by Crippen LogP contribution is 2.32. The molecular weight excluding hydrogens is 220 g/mol. The third-order valence-electron chi connectivity index (χ3n) is 3.81. The van der Waals surface area contributed by atoms with E-state index in [0.717, 1.165) is 16.6 Å². The molecule has 1 unspecified atom stereocenters. The Balaban J connectivity index is 2.92. The number of hydrogen-bond donors (Lipinski definition) is 0. The van der Waals surface area contributed by atoms with Crippen LogP contribution >= 0.6 is 0 Å². The lowest BCUT2D eigenvalue weighted by molar-refractivity contribution is 0.863. The van der Waals surface area contributed by atoms with Gasteiger partial charge in [-0.1, -0.05) is 82.6 Å². The van der Waals surface area contributed by atoms with E-state index >= 15 is 0 Å². The van der Waals surface area contributed by atoms with Crippen LogP contribution in [0.2, 0.25) is 11.1 Å². The molecule has 0 saturated carbocycles. The Labute approximate surface area is 108 Å². The molecule has 0 nitrogen and oxygen atoms in total. The van der Waals surface area contributed by atoms with Gasteiger partial charge in [0.2, 0.25) is 0 Å². The lowest BCUT2D eigenvalue weighted by atomic mass is 10.1. The molecule has 0 aliphatic heterocycles. The van der Waals surface area contributed by atoms with Crippen LogP contribution in [0.15, 0.2) is 30.8 Å². The van der Waals surface area contributed by atoms with Crippen LogP contribution in [0.4, 0.5) is 0 Å². The lowest BCUT2D eigenvalue weighted by Gasteiger charge is -2.30. The quantitative estimate of drug-likeness (QED) is 0.640. The maximum atomic E-state index is 3.81. The van der Waals surface area contributed by atoms with E-state index in [4.69, 9.17) is 0 Å². The third-order valence-corrected chi connectivity index (χ3v) is 8.43. The molecule has 0 radical (unpaired) electrons. The molecule has 0 N–H and O–H groups in total. The molecule has 0 bridgehead atoms. The molecule has 0 aliphatic carbocycles. The number of hydrogen-bond acceptors (Lipinski definition) is 0. The van der Waals surface area contributed by atoms with E-state index in [1.54, 1.807) is 0 Å². The predicted octanol–water partition coefficient (Wildman–Crippen LogP) is 5.02. The molecule has 1 heteroatoms. The Hall–Kier alpha value is -0.823. The summed E-state index contributed by atoms with van der Waals surface area (Å²) in [6, 6.07) is 8.94. The van der Waals surface area contributed by atoms with Gasteiger partial charge in [-0.2, -0.15) is 0 Å². The van der Waals surface area contributed by atoms with E-state index in [1.807, 2.05) is 6.08 Å². The predicted molar refractivity (Wildman–Crippen MR) is 82.3 cm³/mol. The second kappa shape index (κ2) is 6.20. The normalized spacial score (nSPS) is 13.4. The smallest absolute Gasteiger partial charge is 0.0496 e. The SMILES string of the molecule is C=Cc1ccc(C(C)[SiH](C(C)C)C(C)C)cc1. The first kappa shape index (κ1) is 14.2. The van der Waals surface area contributed by atoms with E-state index < -0.39 is 8.80 Å². The average Bonchev–Trinajstić information content (AvgIpc) is 2.28. The first-order valence-corrected chi connectivity index (χ1v) is 8.69. The van der Waals surface area contributed by atoms with Crippen LogP contribution in [0.5, 0.6) is 0 Å². The van der Waals surface area contributed by atoms with Gasteiger partial charge in [-0.3, -0.25) is 0 Å². The summed E-state index contributed by atoms with van der Waals surface area (Å²) in [4.78, 5) is 0. The van der Waals surface area contributed by atoms with Crippen molar-refractivity contribution in [2.45, 2.75) is 51.2 Å². The summed E-state index contributed by atoms with van der Waals surface area (Å²) in [5.74, 6) is 0. The van der Waals surface area contributed by atoms with Crippen molar-refractivity contribution in [3.8, 4) is 0 Å². The van der Waals surface area contributed by atoms with Crippen LogP contribution in [-0.4, -0.2) is 8.80 Å². The zero-order valence-electron chi connectivity index (χ0n) is 11.9. The minimum absolute atomic E-state index is 0.752. The van der Waals surface area contributed by atoms with Gasteiger partial charge in [0.1, 0.15) is 0 Å². The van der Waals surface area contributed by atoms with E-state index in [0.29, 0.717) is 0 Å². The largest absolute Gasteiger partial charge is 0.0985 e. The van der Waals surface area contributed by atoms with Crippen molar-refractivity contribution in [3.63, 3.8) is 0 Å². The summed E-state index contributed by atoms with van der Waals surface area (Å²) in [5.41, 5.74) is 5.21. The van der Waals surface area contributed by atoms with E-state index in [-0.39, 0.29) is 0 Å². The second-order valence-corrected chi connectivity index (χ2v) is 10.5. The fraction of sp³-hybridized carbons (Fsp3) is 0.500. The zero-order valence-corrected chi connectivity index (χ0v) is 13.1. The lowest BCUT2D eigenvalue weighted by Crippen LogP contribution is -2.28. The van der Waals surface area contributed by atoms with Crippen LogP contribution < -0.4 is 0 Å². The van der Waals surface area contributed by atoms with Crippen LogP contribution in [0.3, 0.4) is 0 Å². The van der Waals surface area contributed by atoms with Crippen molar-refractivity contribution >= 4 is 14.9 Å². The minimum Gasteiger partial charge on any atom is -0.0985 e. The molecule has 0 amide bonds. The highest BCUT2D eigenvalue weighted by Gasteiger charge is 2.26. The van der Waals surface area contributed by atoms with Crippen molar-refractivity contribution in [2.75, 3.05) is 0 Å². The molecule has 1 rings (SSSR count). The third kappa shape index (κ3) is 3.57. The molecule has 0 fully saturated rings. The molecular formula is C16H26Si. The molecule has 17 heavy (non-hydrogen) atoms. The summed E-state index contributed by atoms with van der Waals surface area (Å²) in [6.07, 6.45) is 1.91. The van der Waals surface area contributed by atoms with Crippen molar-refractivity contribution in [2.24, 2.45) is 0 Å². The Morgan fingerprint density at radius 2 is 1.41 bits per heavy atom. The minimum atomic E-state index is -0.752. The van der Waals surface area contributed by atoms with Crippen LogP contribution in [0, 0.1) is 0 Å². The van der Waals surface area contributed by atoms with E-state index in [2.05, 4.69) is 65.5 Å². The Bertz CT molecular complexity index is 340. The standard InChI is InChI=1S/C16H26Si/c1-7-15-8-10-16(11-9-15)14(6)17(12(2)3)13(4)5/h7-14,17H,1H2,2-6H3. The van der Waals surface area contributed by atoms with Gasteiger partial charge >= 0.3 is 0 Å². The second-order valence-electron chi connectivity index (χ2n) is 5.72. The molecule has 0 heterocycles. The van der Waals surface area contributed by atoms with Crippen LogP contribution in [0.25, 0.3) is 6.08 Å². The highest BCUT2D eigenvalue weighted by atomic mass is 28.3. The van der Waals surface area contributed by atoms with Crippen molar-refractivity contribution in [1.82, 2.24) is 0 Å². The monoisotopic (exact) mass is 246 g/mol. The number of rotatable bonds is 5. The summed E-state index contributed by atoms with van der Waals surface area (Å²) in [7, 11) is -0.752. The Morgan fingerprint density at radius 3 is 1.76 bits per heavy atom. The van der Waals surface area contributed by atoms with Gasteiger partial charge in [0, 0.05) is 8.80 Å². The van der Waals surface area contributed by atoms with Gasteiger partial charge in [-0.15, -0.1) is 0 Å². The summed E-state index contributed by atoms with van der Waals surface area (Å²) < 4.78 is 0. The van der Waals surface area contributed by atoms with Crippen molar-refractivity contribution < 1.29 is 0 Å². The maximum absolute atomic E-state index is 3.81. The molecule has 0 aliphatic rings. The Kier molecular flexibility index (Phi) is 5.19. The van der Waals surface area contributed by atoms with Gasteiger partial charge in [0.05, 0.1) is 0 Å². The molecule has 1 aromatic rings. The maximum Gasteiger partial charge on any atom is 0.0496 e. The first-order chi connectivity index (χ1) is 7.97. The summed E-state index contributed by atoms with van der Waals surface area (Å²) in [5, 5.41) is 0. The van der Waals surface area contributed by atoms with Crippen LogP contribution in [0.1, 0.15) is 51.3 Å². The van der Waals surface area contributed by atoms with Crippen molar-refractivity contribution in [3.05, 3.63) is 42.0 Å². The fourth-order valence-electron chi connectivity index (χ4n) is 3.08. The summed E-state index contributed by atoms with van der Waals surface area (Å²) >= 11 is 0. The first-order valence-electron chi connectivity index (χ1n) is 6.69. The molecule has 1 atom stereocenters. The van der Waals surface area contributed by atoms with Crippen LogP contribution in [-0.2, 0) is 0 Å². The highest BCUT2D eigenvalue weighted by molar-refractivity contribution is 6.63. The van der Waals surface area contributed by atoms with Gasteiger partial charge in [0.15, 0.2) is 0 Å². The Morgan fingerprint density at radius 1 is 0.941 bits per heavy atom. The number of benzene rings is 1. The molecule has 1 aromatic carbocycles. The molecule has 94 valence electrons. The van der Waals surface area contributed by atoms with Gasteiger partial charge in [-0.25, -0.2) is 0 Å².